The summed E-state index contributed by atoms with van der Waals surface area (Å²) < 4.78 is 1.41. The van der Waals surface area contributed by atoms with E-state index in [-0.39, 0.29) is 0 Å². The number of rotatable bonds is 6. The van der Waals surface area contributed by atoms with Crippen molar-refractivity contribution in [3.05, 3.63) is 5.82 Å². The van der Waals surface area contributed by atoms with Crippen molar-refractivity contribution in [1.82, 2.24) is 20.2 Å². The van der Waals surface area contributed by atoms with E-state index in [4.69, 9.17) is 5.11 Å². The van der Waals surface area contributed by atoms with Crippen LogP contribution in [-0.2, 0) is 11.2 Å². The van der Waals surface area contributed by atoms with Crippen molar-refractivity contribution < 1.29 is 9.90 Å². The Balaban J connectivity index is 2.83. The fourth-order valence-electron chi connectivity index (χ4n) is 1.43. The first kappa shape index (κ1) is 11.6. The Bertz CT molecular complexity index is 324. The lowest BCUT2D eigenvalue weighted by molar-refractivity contribution is -0.141. The SMILES string of the molecule is CCCCC(C(=O)O)n1nnnc1CC. The van der Waals surface area contributed by atoms with Crippen molar-refractivity contribution in [2.45, 2.75) is 45.6 Å². The second-order valence-electron chi connectivity index (χ2n) is 3.39. The molecular weight excluding hydrogens is 196 g/mol. The molecule has 0 radical (unpaired) electrons. The van der Waals surface area contributed by atoms with Crippen LogP contribution >= 0.6 is 0 Å². The minimum atomic E-state index is -0.870. The van der Waals surface area contributed by atoms with E-state index in [1.54, 1.807) is 0 Å². The molecule has 0 aromatic carbocycles. The summed E-state index contributed by atoms with van der Waals surface area (Å²) in [5.74, 6) is -0.246. The summed E-state index contributed by atoms with van der Waals surface area (Å²) in [6.45, 7) is 3.93. The van der Waals surface area contributed by atoms with E-state index in [1.165, 1.54) is 4.68 Å². The number of hydrogen-bond acceptors (Lipinski definition) is 4. The highest BCUT2D eigenvalue weighted by Crippen LogP contribution is 2.15. The standard InChI is InChI=1S/C9H16N4O2/c1-3-5-6-7(9(14)15)13-8(4-2)10-11-12-13/h7H,3-6H2,1-2H3,(H,14,15). The third-order valence-electron chi connectivity index (χ3n) is 2.29. The zero-order valence-corrected chi connectivity index (χ0v) is 9.05. The number of tetrazole rings is 1. The summed E-state index contributed by atoms with van der Waals surface area (Å²) in [5.41, 5.74) is 0. The fraction of sp³-hybridized carbons (Fsp3) is 0.778. The van der Waals surface area contributed by atoms with Gasteiger partial charge < -0.3 is 5.11 Å². The summed E-state index contributed by atoms with van der Waals surface area (Å²) in [6.07, 6.45) is 3.04. The van der Waals surface area contributed by atoms with Gasteiger partial charge in [-0.15, -0.1) is 5.10 Å². The average molecular weight is 212 g/mol. The first-order valence-electron chi connectivity index (χ1n) is 5.20. The van der Waals surface area contributed by atoms with Crippen molar-refractivity contribution in [1.29, 1.82) is 0 Å². The molecule has 6 heteroatoms. The average Bonchev–Trinajstić information content (AvgIpc) is 2.66. The van der Waals surface area contributed by atoms with Crippen LogP contribution in [0.2, 0.25) is 0 Å². The molecule has 6 nitrogen and oxygen atoms in total. The Morgan fingerprint density at radius 1 is 1.53 bits per heavy atom. The zero-order chi connectivity index (χ0) is 11.3. The molecule has 0 saturated heterocycles. The molecule has 0 fully saturated rings. The molecule has 1 N–H and O–H groups in total. The first-order valence-corrected chi connectivity index (χ1v) is 5.20. The maximum Gasteiger partial charge on any atom is 0.328 e. The topological polar surface area (TPSA) is 80.9 Å². The molecule has 0 amide bonds. The fourth-order valence-corrected chi connectivity index (χ4v) is 1.43. The predicted octanol–water partition coefficient (Wildman–Crippen LogP) is 1.05. The molecule has 84 valence electrons. The van der Waals surface area contributed by atoms with Crippen LogP contribution in [0.3, 0.4) is 0 Å². The predicted molar refractivity (Wildman–Crippen MR) is 53.4 cm³/mol. The van der Waals surface area contributed by atoms with Gasteiger partial charge in [0, 0.05) is 6.42 Å². The van der Waals surface area contributed by atoms with Crippen LogP contribution in [0.15, 0.2) is 0 Å². The van der Waals surface area contributed by atoms with E-state index in [2.05, 4.69) is 15.5 Å². The molecule has 0 aliphatic rings. The maximum atomic E-state index is 11.1. The third kappa shape index (κ3) is 2.74. The number of aryl methyl sites for hydroxylation is 1. The van der Waals surface area contributed by atoms with E-state index < -0.39 is 12.0 Å². The van der Waals surface area contributed by atoms with E-state index in [1.807, 2.05) is 13.8 Å². The van der Waals surface area contributed by atoms with Crippen molar-refractivity contribution in [2.24, 2.45) is 0 Å². The number of hydrogen-bond donors (Lipinski definition) is 1. The first-order chi connectivity index (χ1) is 7.20. The number of carboxylic acids is 1. The van der Waals surface area contributed by atoms with Crippen LogP contribution in [0.5, 0.6) is 0 Å². The zero-order valence-electron chi connectivity index (χ0n) is 9.05. The monoisotopic (exact) mass is 212 g/mol. The molecule has 0 spiro atoms. The summed E-state index contributed by atoms with van der Waals surface area (Å²) in [4.78, 5) is 11.1. The molecule has 1 aromatic heterocycles. The van der Waals surface area contributed by atoms with Crippen molar-refractivity contribution in [3.8, 4) is 0 Å². The second-order valence-corrected chi connectivity index (χ2v) is 3.39. The summed E-state index contributed by atoms with van der Waals surface area (Å²) in [5, 5.41) is 20.1. The Morgan fingerprint density at radius 2 is 2.27 bits per heavy atom. The van der Waals surface area contributed by atoms with E-state index in [0.717, 1.165) is 12.8 Å². The van der Waals surface area contributed by atoms with E-state index in [0.29, 0.717) is 18.7 Å². The van der Waals surface area contributed by atoms with Gasteiger partial charge in [0.15, 0.2) is 11.9 Å². The molecule has 1 rings (SSSR count). The number of unbranched alkanes of at least 4 members (excludes halogenated alkanes) is 1. The maximum absolute atomic E-state index is 11.1. The number of nitrogens with zero attached hydrogens (tertiary/aromatic N) is 4. The number of aliphatic carboxylic acids is 1. The number of carboxylic acid groups (broad SMARTS) is 1. The molecule has 0 aliphatic carbocycles. The summed E-state index contributed by atoms with van der Waals surface area (Å²) in [7, 11) is 0. The molecule has 15 heavy (non-hydrogen) atoms. The highest BCUT2D eigenvalue weighted by molar-refractivity contribution is 5.71. The van der Waals surface area contributed by atoms with Crippen LogP contribution in [0.25, 0.3) is 0 Å². The summed E-state index contributed by atoms with van der Waals surface area (Å²) in [6, 6.07) is -0.630. The summed E-state index contributed by atoms with van der Waals surface area (Å²) >= 11 is 0. The van der Waals surface area contributed by atoms with Gasteiger partial charge >= 0.3 is 5.97 Å². The van der Waals surface area contributed by atoms with Crippen molar-refractivity contribution >= 4 is 5.97 Å². The van der Waals surface area contributed by atoms with Gasteiger partial charge in [0.2, 0.25) is 0 Å². The molecule has 0 aliphatic heterocycles. The Morgan fingerprint density at radius 3 is 2.80 bits per heavy atom. The molecular formula is C9H16N4O2. The van der Waals surface area contributed by atoms with Gasteiger partial charge in [0.1, 0.15) is 0 Å². The normalized spacial score (nSPS) is 12.7. The molecule has 0 bridgehead atoms. The Kier molecular flexibility index (Phi) is 4.20. The van der Waals surface area contributed by atoms with Crippen molar-refractivity contribution in [3.63, 3.8) is 0 Å². The Hall–Kier alpha value is -1.46. The molecule has 0 saturated carbocycles. The van der Waals surface area contributed by atoms with Crippen LogP contribution in [0, 0.1) is 0 Å². The van der Waals surface area contributed by atoms with Gasteiger partial charge in [-0.05, 0) is 16.8 Å². The van der Waals surface area contributed by atoms with E-state index in [9.17, 15) is 4.79 Å². The minimum Gasteiger partial charge on any atom is -0.480 e. The second kappa shape index (κ2) is 5.43. The minimum absolute atomic E-state index is 0.573. The lowest BCUT2D eigenvalue weighted by Gasteiger charge is -2.12. The van der Waals surface area contributed by atoms with Crippen LogP contribution < -0.4 is 0 Å². The lowest BCUT2D eigenvalue weighted by Crippen LogP contribution is -2.22. The lowest BCUT2D eigenvalue weighted by atomic mass is 10.1. The number of aromatic nitrogens is 4. The number of carbonyl (C=O) groups is 1. The quantitative estimate of drug-likeness (QED) is 0.762. The van der Waals surface area contributed by atoms with Crippen molar-refractivity contribution in [2.75, 3.05) is 0 Å². The van der Waals surface area contributed by atoms with Crippen LogP contribution in [-0.4, -0.2) is 31.3 Å². The Labute approximate surface area is 88.3 Å². The molecule has 1 atom stereocenters. The molecule has 1 heterocycles. The van der Waals surface area contributed by atoms with Gasteiger partial charge in [0.05, 0.1) is 0 Å². The largest absolute Gasteiger partial charge is 0.480 e. The van der Waals surface area contributed by atoms with Gasteiger partial charge in [0.25, 0.3) is 0 Å². The smallest absolute Gasteiger partial charge is 0.328 e. The molecule has 1 unspecified atom stereocenters. The highest BCUT2D eigenvalue weighted by Gasteiger charge is 2.22. The van der Waals surface area contributed by atoms with Gasteiger partial charge in [-0.1, -0.05) is 26.7 Å². The third-order valence-corrected chi connectivity index (χ3v) is 2.29. The van der Waals surface area contributed by atoms with Gasteiger partial charge in [-0.25, -0.2) is 9.48 Å². The highest BCUT2D eigenvalue weighted by atomic mass is 16.4. The van der Waals surface area contributed by atoms with E-state index >= 15 is 0 Å². The van der Waals surface area contributed by atoms with Crippen LogP contribution in [0.4, 0.5) is 0 Å². The van der Waals surface area contributed by atoms with Crippen LogP contribution in [0.1, 0.15) is 45.0 Å². The van der Waals surface area contributed by atoms with Gasteiger partial charge in [-0.3, -0.25) is 0 Å². The van der Waals surface area contributed by atoms with Gasteiger partial charge in [-0.2, -0.15) is 0 Å². The molecule has 1 aromatic rings.